The van der Waals surface area contributed by atoms with E-state index in [-0.39, 0.29) is 24.2 Å². The van der Waals surface area contributed by atoms with Crippen molar-refractivity contribution in [1.82, 2.24) is 19.4 Å². The van der Waals surface area contributed by atoms with Crippen LogP contribution in [0.4, 0.5) is 4.39 Å². The Kier molecular flexibility index (Phi) is 6.74. The fourth-order valence-electron chi connectivity index (χ4n) is 3.85. The highest BCUT2D eigenvalue weighted by molar-refractivity contribution is 7.84. The Morgan fingerprint density at radius 1 is 1.14 bits per heavy atom. The smallest absolute Gasteiger partial charge is 0.254 e. The number of aromatic nitrogens is 3. The van der Waals surface area contributed by atoms with Gasteiger partial charge >= 0.3 is 0 Å². The molecular formula is C25H24FN5O3S. The van der Waals surface area contributed by atoms with Crippen molar-refractivity contribution in [3.05, 3.63) is 71.9 Å². The molecule has 1 unspecified atom stereocenters. The van der Waals surface area contributed by atoms with Gasteiger partial charge < -0.3 is 10.6 Å². The van der Waals surface area contributed by atoms with Crippen molar-refractivity contribution in [2.75, 3.05) is 19.8 Å². The Morgan fingerprint density at radius 2 is 1.86 bits per heavy atom. The van der Waals surface area contributed by atoms with Crippen LogP contribution in [-0.4, -0.2) is 55.3 Å². The lowest BCUT2D eigenvalue weighted by atomic mass is 10.0. The van der Waals surface area contributed by atoms with Crippen LogP contribution in [0.3, 0.4) is 0 Å². The molecule has 0 aliphatic rings. The number of aryl methyl sites for hydroxylation is 1. The number of carbonyl (C=O) groups excluding carboxylic acids is 2. The molecule has 2 heterocycles. The molecule has 4 aromatic rings. The third kappa shape index (κ3) is 4.83. The molecule has 1 atom stereocenters. The molecule has 4 rings (SSSR count). The molecule has 0 radical (unpaired) electrons. The summed E-state index contributed by atoms with van der Waals surface area (Å²) < 4.78 is 28.4. The number of fused-ring (bicyclic) bond motifs is 1. The minimum absolute atomic E-state index is 0.220. The van der Waals surface area contributed by atoms with Gasteiger partial charge in [0.15, 0.2) is 0 Å². The molecule has 2 amide bonds. The van der Waals surface area contributed by atoms with Gasteiger partial charge in [0.2, 0.25) is 11.9 Å². The van der Waals surface area contributed by atoms with Gasteiger partial charge in [-0.05, 0) is 36.2 Å². The molecule has 2 aromatic carbocycles. The van der Waals surface area contributed by atoms with Crippen molar-refractivity contribution >= 4 is 33.5 Å². The second-order valence-corrected chi connectivity index (χ2v) is 9.46. The Morgan fingerprint density at radius 3 is 2.49 bits per heavy atom. The molecule has 0 bridgehead atoms. The van der Waals surface area contributed by atoms with Crippen LogP contribution in [0, 0.1) is 5.82 Å². The van der Waals surface area contributed by atoms with E-state index in [0.29, 0.717) is 32.5 Å². The lowest BCUT2D eigenvalue weighted by Gasteiger charge is -2.15. The number of benzene rings is 2. The van der Waals surface area contributed by atoms with E-state index in [1.165, 1.54) is 30.4 Å². The number of carbonyl (C=O) groups is 2. The van der Waals surface area contributed by atoms with E-state index >= 15 is 0 Å². The summed E-state index contributed by atoms with van der Waals surface area (Å²) in [5.74, 6) is -1.10. The second kappa shape index (κ2) is 9.75. The molecule has 10 heteroatoms. The van der Waals surface area contributed by atoms with E-state index in [1.54, 1.807) is 47.4 Å². The number of halogens is 1. The number of amides is 2. The SMILES string of the molecule is CCc1ccc(F)c(-c2cnc(-n3cc(S(C)=O)c4ccc(C(=O)N(C)CC(N)=O)cc43)nc2)c1. The summed E-state index contributed by atoms with van der Waals surface area (Å²) >= 11 is 0. The first kappa shape index (κ1) is 24.2. The van der Waals surface area contributed by atoms with E-state index < -0.39 is 16.7 Å². The maximum Gasteiger partial charge on any atom is 0.254 e. The van der Waals surface area contributed by atoms with E-state index in [2.05, 4.69) is 9.97 Å². The predicted octanol–water partition coefficient (Wildman–Crippen LogP) is 3.08. The van der Waals surface area contributed by atoms with Gasteiger partial charge in [0.25, 0.3) is 5.91 Å². The number of nitrogens with zero attached hydrogens (tertiary/aromatic N) is 4. The molecule has 0 aliphatic carbocycles. The molecule has 0 fully saturated rings. The second-order valence-electron chi connectivity index (χ2n) is 8.12. The molecule has 0 saturated heterocycles. The molecule has 180 valence electrons. The maximum atomic E-state index is 14.4. The Labute approximate surface area is 204 Å². The van der Waals surface area contributed by atoms with Crippen molar-refractivity contribution < 1.29 is 18.2 Å². The zero-order chi connectivity index (χ0) is 25.3. The van der Waals surface area contributed by atoms with E-state index in [9.17, 15) is 18.2 Å². The summed E-state index contributed by atoms with van der Waals surface area (Å²) in [7, 11) is 0.170. The molecule has 2 N–H and O–H groups in total. The van der Waals surface area contributed by atoms with Crippen molar-refractivity contribution in [1.29, 1.82) is 0 Å². The number of hydrogen-bond donors (Lipinski definition) is 1. The van der Waals surface area contributed by atoms with Crippen LogP contribution in [0.25, 0.3) is 28.0 Å². The van der Waals surface area contributed by atoms with Crippen molar-refractivity contribution in [3.8, 4) is 17.1 Å². The standard InChI is InChI=1S/C25H24FN5O3S/c1-4-15-5-8-20(26)19(9-15)17-11-28-25(29-12-17)31-13-22(35(3)34)18-7-6-16(10-21(18)31)24(33)30(2)14-23(27)32/h5-13H,4,14H2,1-3H3,(H2,27,32). The van der Waals surface area contributed by atoms with Crippen molar-refractivity contribution in [3.63, 3.8) is 0 Å². The minimum atomic E-state index is -1.31. The van der Waals surface area contributed by atoms with Crippen LogP contribution >= 0.6 is 0 Å². The van der Waals surface area contributed by atoms with Gasteiger partial charge in [0, 0.05) is 54.0 Å². The number of primary amides is 1. The van der Waals surface area contributed by atoms with Crippen molar-refractivity contribution in [2.24, 2.45) is 5.73 Å². The fourth-order valence-corrected chi connectivity index (χ4v) is 4.58. The summed E-state index contributed by atoms with van der Waals surface area (Å²) in [5.41, 5.74) is 8.03. The quantitative estimate of drug-likeness (QED) is 0.425. The highest BCUT2D eigenvalue weighted by Gasteiger charge is 2.19. The third-order valence-electron chi connectivity index (χ3n) is 5.67. The highest BCUT2D eigenvalue weighted by Crippen LogP contribution is 2.28. The molecule has 0 spiro atoms. The molecular weight excluding hydrogens is 469 g/mol. The van der Waals surface area contributed by atoms with E-state index in [0.717, 1.165) is 12.0 Å². The van der Waals surface area contributed by atoms with Crippen LogP contribution < -0.4 is 5.73 Å². The number of rotatable bonds is 7. The largest absolute Gasteiger partial charge is 0.368 e. The van der Waals surface area contributed by atoms with Crippen LogP contribution in [0.2, 0.25) is 0 Å². The summed E-state index contributed by atoms with van der Waals surface area (Å²) in [4.78, 5) is 34.6. The van der Waals surface area contributed by atoms with Gasteiger partial charge in [-0.25, -0.2) is 14.4 Å². The average molecular weight is 494 g/mol. The Bertz CT molecular complexity index is 1470. The average Bonchev–Trinajstić information content (AvgIpc) is 3.23. The lowest BCUT2D eigenvalue weighted by Crippen LogP contribution is -2.35. The first-order valence-corrected chi connectivity index (χ1v) is 12.4. The van der Waals surface area contributed by atoms with Crippen LogP contribution in [0.5, 0.6) is 0 Å². The molecule has 8 nitrogen and oxygen atoms in total. The minimum Gasteiger partial charge on any atom is -0.368 e. The number of likely N-dealkylation sites (N-methyl/N-ethyl adjacent to an activating group) is 1. The van der Waals surface area contributed by atoms with Gasteiger partial charge in [-0.15, -0.1) is 0 Å². The van der Waals surface area contributed by atoms with E-state index in [1.807, 2.05) is 6.92 Å². The van der Waals surface area contributed by atoms with Crippen LogP contribution in [0.15, 0.2) is 59.9 Å². The van der Waals surface area contributed by atoms with Gasteiger partial charge in [-0.2, -0.15) is 0 Å². The molecule has 2 aromatic heterocycles. The number of hydrogen-bond acceptors (Lipinski definition) is 5. The molecule has 0 saturated carbocycles. The zero-order valence-corrected chi connectivity index (χ0v) is 20.3. The van der Waals surface area contributed by atoms with Gasteiger partial charge in [-0.3, -0.25) is 18.4 Å². The fraction of sp³-hybridized carbons (Fsp3) is 0.200. The first-order chi connectivity index (χ1) is 16.7. The van der Waals surface area contributed by atoms with Gasteiger partial charge in [-0.1, -0.05) is 19.1 Å². The van der Waals surface area contributed by atoms with E-state index in [4.69, 9.17) is 5.73 Å². The highest BCUT2D eigenvalue weighted by atomic mass is 32.2. The topological polar surface area (TPSA) is 111 Å². The first-order valence-electron chi connectivity index (χ1n) is 10.8. The Hall–Kier alpha value is -3.92. The van der Waals surface area contributed by atoms with Gasteiger partial charge in [0.1, 0.15) is 5.82 Å². The summed E-state index contributed by atoms with van der Waals surface area (Å²) in [6.07, 6.45) is 7.06. The number of nitrogens with two attached hydrogens (primary N) is 1. The molecule has 35 heavy (non-hydrogen) atoms. The Balaban J connectivity index is 1.79. The third-order valence-corrected chi connectivity index (χ3v) is 6.61. The zero-order valence-electron chi connectivity index (χ0n) is 19.5. The summed E-state index contributed by atoms with van der Waals surface area (Å²) in [6.45, 7) is 1.77. The summed E-state index contributed by atoms with van der Waals surface area (Å²) in [5, 5.41) is 0.675. The monoisotopic (exact) mass is 493 g/mol. The predicted molar refractivity (Wildman–Crippen MR) is 132 cm³/mol. The normalized spacial score (nSPS) is 12.0. The lowest BCUT2D eigenvalue weighted by molar-refractivity contribution is -0.118. The summed E-state index contributed by atoms with van der Waals surface area (Å²) in [6, 6.07) is 9.89. The van der Waals surface area contributed by atoms with Crippen LogP contribution in [0.1, 0.15) is 22.8 Å². The maximum absolute atomic E-state index is 14.4. The molecule has 0 aliphatic heterocycles. The van der Waals surface area contributed by atoms with Gasteiger partial charge in [0.05, 0.1) is 27.8 Å². The van der Waals surface area contributed by atoms with Crippen LogP contribution in [-0.2, 0) is 22.0 Å². The van der Waals surface area contributed by atoms with Crippen molar-refractivity contribution in [2.45, 2.75) is 18.2 Å².